The van der Waals surface area contributed by atoms with Crippen LogP contribution in [0.3, 0.4) is 0 Å². The van der Waals surface area contributed by atoms with Crippen molar-refractivity contribution < 1.29 is 14.9 Å². The number of hydrogen-bond acceptors (Lipinski definition) is 5. The molecule has 1 aromatic heterocycles. The van der Waals surface area contributed by atoms with E-state index in [2.05, 4.69) is 4.98 Å². The van der Waals surface area contributed by atoms with Crippen LogP contribution in [0.15, 0.2) is 15.8 Å². The van der Waals surface area contributed by atoms with Crippen LogP contribution in [0.1, 0.15) is 12.0 Å². The summed E-state index contributed by atoms with van der Waals surface area (Å²) in [6, 6.07) is 0. The van der Waals surface area contributed by atoms with Crippen molar-refractivity contribution in [2.24, 2.45) is 0 Å². The lowest BCUT2D eigenvalue weighted by molar-refractivity contribution is -0.0692. The first kappa shape index (κ1) is 13.3. The number of nitrogens with one attached hydrogen (secondary N) is 1. The maximum atomic E-state index is 11.7. The number of halogens is 1. The zero-order valence-corrected chi connectivity index (χ0v) is 10.3. The average molecular weight is 277 g/mol. The number of ether oxygens (including phenoxy) is 1. The molecule has 1 aliphatic heterocycles. The number of aromatic nitrogens is 2. The molecule has 3 N–H and O–H groups in total. The van der Waals surface area contributed by atoms with Gasteiger partial charge in [-0.2, -0.15) is 0 Å². The number of aromatic amines is 1. The maximum absolute atomic E-state index is 11.7. The Morgan fingerprint density at radius 1 is 1.67 bits per heavy atom. The van der Waals surface area contributed by atoms with Gasteiger partial charge in [-0.3, -0.25) is 14.3 Å². The van der Waals surface area contributed by atoms with E-state index < -0.39 is 35.2 Å². The molecule has 1 fully saturated rings. The second-order valence-corrected chi connectivity index (χ2v) is 4.83. The van der Waals surface area contributed by atoms with Crippen LogP contribution in [0.2, 0.25) is 0 Å². The molecule has 0 saturated carbocycles. The van der Waals surface area contributed by atoms with Crippen molar-refractivity contribution in [1.29, 1.82) is 0 Å². The van der Waals surface area contributed by atoms with E-state index in [1.54, 1.807) is 0 Å². The van der Waals surface area contributed by atoms with Crippen molar-refractivity contribution in [3.8, 4) is 0 Å². The van der Waals surface area contributed by atoms with Gasteiger partial charge in [0.05, 0.1) is 12.7 Å². The molecule has 1 aromatic rings. The van der Waals surface area contributed by atoms with Crippen LogP contribution in [0.5, 0.6) is 0 Å². The second-order valence-electron chi connectivity index (χ2n) is 4.24. The highest BCUT2D eigenvalue weighted by atomic mass is 35.5. The molecule has 0 radical (unpaired) electrons. The van der Waals surface area contributed by atoms with Crippen molar-refractivity contribution in [1.82, 2.24) is 9.55 Å². The predicted molar refractivity (Wildman–Crippen MR) is 62.5 cm³/mol. The van der Waals surface area contributed by atoms with E-state index in [-0.39, 0.29) is 6.42 Å². The highest BCUT2D eigenvalue weighted by Crippen LogP contribution is 2.37. The van der Waals surface area contributed by atoms with Crippen molar-refractivity contribution in [3.05, 3.63) is 32.6 Å². The predicted octanol–water partition coefficient (Wildman–Crippen LogP) is -1.16. The smallest absolute Gasteiger partial charge is 0.331 e. The number of alkyl halides is 1. The Balaban J connectivity index is 2.47. The molecule has 0 aromatic carbocycles. The summed E-state index contributed by atoms with van der Waals surface area (Å²) < 4.78 is 6.28. The van der Waals surface area contributed by atoms with Gasteiger partial charge in [0.25, 0.3) is 5.56 Å². The van der Waals surface area contributed by atoms with Gasteiger partial charge in [0, 0.05) is 18.2 Å². The minimum atomic E-state index is -1.60. The van der Waals surface area contributed by atoms with Gasteiger partial charge in [-0.05, 0) is 6.92 Å². The fourth-order valence-electron chi connectivity index (χ4n) is 1.88. The van der Waals surface area contributed by atoms with Crippen LogP contribution in [-0.2, 0) is 9.92 Å². The van der Waals surface area contributed by atoms with Crippen LogP contribution in [0.4, 0.5) is 0 Å². The molecule has 0 unspecified atom stereocenters. The molecule has 0 bridgehead atoms. The average Bonchev–Trinajstić information content (AvgIpc) is 2.59. The van der Waals surface area contributed by atoms with Gasteiger partial charge in [0.15, 0.2) is 0 Å². The highest BCUT2D eigenvalue weighted by molar-refractivity contribution is 6.21. The van der Waals surface area contributed by atoms with Crippen LogP contribution >= 0.6 is 11.6 Å². The third kappa shape index (κ3) is 2.10. The minimum Gasteiger partial charge on any atom is -0.394 e. The molecule has 1 saturated heterocycles. The Hall–Kier alpha value is -1.15. The molecule has 0 amide bonds. The molecule has 0 aliphatic carbocycles. The van der Waals surface area contributed by atoms with E-state index in [4.69, 9.17) is 21.4 Å². The molecule has 3 atom stereocenters. The molecule has 7 nitrogen and oxygen atoms in total. The van der Waals surface area contributed by atoms with Crippen LogP contribution in [0.25, 0.3) is 0 Å². The maximum Gasteiger partial charge on any atom is 0.331 e. The van der Waals surface area contributed by atoms with Gasteiger partial charge in [-0.1, -0.05) is 11.6 Å². The molecule has 1 aliphatic rings. The van der Waals surface area contributed by atoms with Gasteiger partial charge in [-0.25, -0.2) is 4.79 Å². The van der Waals surface area contributed by atoms with Crippen LogP contribution in [-0.4, -0.2) is 38.6 Å². The van der Waals surface area contributed by atoms with E-state index in [0.717, 1.165) is 4.57 Å². The van der Waals surface area contributed by atoms with Crippen LogP contribution < -0.4 is 11.2 Å². The third-order valence-electron chi connectivity index (χ3n) is 2.88. The second kappa shape index (κ2) is 4.51. The summed E-state index contributed by atoms with van der Waals surface area (Å²) in [6.45, 7) is 1.11. The zero-order chi connectivity index (χ0) is 13.5. The third-order valence-corrected chi connectivity index (χ3v) is 3.31. The number of nitrogens with zero attached hydrogens (tertiary/aromatic N) is 1. The van der Waals surface area contributed by atoms with Gasteiger partial charge in [-0.15, -0.1) is 0 Å². The molecule has 18 heavy (non-hydrogen) atoms. The van der Waals surface area contributed by atoms with Crippen molar-refractivity contribution in [2.45, 2.75) is 30.7 Å². The van der Waals surface area contributed by atoms with Crippen molar-refractivity contribution >= 4 is 11.6 Å². The summed E-state index contributed by atoms with van der Waals surface area (Å²) in [5, 5.41) is 17.0. The van der Waals surface area contributed by atoms with Gasteiger partial charge < -0.3 is 14.9 Å². The first-order valence-corrected chi connectivity index (χ1v) is 5.74. The standard InChI is InChI=1S/C10H13ClN2O5/c1-5-3-13(9(17)12-8(5)16)10(11)2-6(15)7(4-14)18-10/h3,6-7,14-15H,2,4H2,1H3,(H,12,16,17)/t6-,7+,10-/m0/s1. The number of hydrogen-bond donors (Lipinski definition) is 3. The molecule has 2 rings (SSSR count). The van der Waals surface area contributed by atoms with Crippen molar-refractivity contribution in [3.63, 3.8) is 0 Å². The van der Waals surface area contributed by atoms with Crippen LogP contribution in [0, 0.1) is 6.92 Å². The number of aliphatic hydroxyl groups excluding tert-OH is 2. The molecule has 2 heterocycles. The molecule has 8 heteroatoms. The molecular formula is C10H13ClN2O5. The van der Waals surface area contributed by atoms with Gasteiger partial charge in [0.2, 0.25) is 5.18 Å². The lowest BCUT2D eigenvalue weighted by Crippen LogP contribution is -2.41. The highest BCUT2D eigenvalue weighted by Gasteiger charge is 2.46. The summed E-state index contributed by atoms with van der Waals surface area (Å²) in [5.41, 5.74) is -0.944. The molecule has 0 spiro atoms. The summed E-state index contributed by atoms with van der Waals surface area (Å²) in [5.74, 6) is 0. The number of rotatable bonds is 2. The van der Waals surface area contributed by atoms with Gasteiger partial charge >= 0.3 is 5.69 Å². The SMILES string of the molecule is Cc1cn([C@@]2(Cl)C[C@H](O)[C@@H](CO)O2)c(=O)[nH]c1=O. The zero-order valence-electron chi connectivity index (χ0n) is 9.59. The summed E-state index contributed by atoms with van der Waals surface area (Å²) in [6.07, 6.45) is -0.639. The fourth-order valence-corrected chi connectivity index (χ4v) is 2.28. The largest absolute Gasteiger partial charge is 0.394 e. The first-order valence-electron chi connectivity index (χ1n) is 5.36. The monoisotopic (exact) mass is 276 g/mol. The van der Waals surface area contributed by atoms with Gasteiger partial charge in [0.1, 0.15) is 6.10 Å². The first-order chi connectivity index (χ1) is 8.37. The van der Waals surface area contributed by atoms with E-state index in [1.807, 2.05) is 0 Å². The number of H-pyrrole nitrogens is 1. The van der Waals surface area contributed by atoms with E-state index in [0.29, 0.717) is 5.56 Å². The Kier molecular flexibility index (Phi) is 3.33. The van der Waals surface area contributed by atoms with E-state index in [9.17, 15) is 14.7 Å². The molecule has 100 valence electrons. The normalized spacial score (nSPS) is 31.8. The Morgan fingerprint density at radius 3 is 2.89 bits per heavy atom. The lowest BCUT2D eigenvalue weighted by Gasteiger charge is -2.23. The van der Waals surface area contributed by atoms with Crippen molar-refractivity contribution in [2.75, 3.05) is 6.61 Å². The topological polar surface area (TPSA) is 105 Å². The lowest BCUT2D eigenvalue weighted by atomic mass is 10.2. The summed E-state index contributed by atoms with van der Waals surface area (Å²) in [4.78, 5) is 25.0. The Morgan fingerprint density at radius 2 is 2.33 bits per heavy atom. The van der Waals surface area contributed by atoms with E-state index in [1.165, 1.54) is 13.1 Å². The number of aryl methyl sites for hydroxylation is 1. The fraction of sp³-hybridized carbons (Fsp3) is 0.600. The van der Waals surface area contributed by atoms with E-state index >= 15 is 0 Å². The summed E-state index contributed by atoms with van der Waals surface area (Å²) >= 11 is 6.14. The Labute approximate surface area is 107 Å². The minimum absolute atomic E-state index is 0.0643. The number of aliphatic hydroxyl groups is 2. The quantitative estimate of drug-likeness (QED) is 0.591. The molecular weight excluding hydrogens is 264 g/mol. The summed E-state index contributed by atoms with van der Waals surface area (Å²) in [7, 11) is 0. The Bertz CT molecular complexity index is 568.